The Morgan fingerprint density at radius 2 is 1.85 bits per heavy atom. The lowest BCUT2D eigenvalue weighted by molar-refractivity contribution is -0.131. The van der Waals surface area contributed by atoms with Gasteiger partial charge in [0.1, 0.15) is 6.79 Å². The molecule has 1 amide bonds. The molecule has 20 heavy (non-hydrogen) atoms. The molecule has 2 unspecified atom stereocenters. The molecule has 0 aromatic carbocycles. The van der Waals surface area contributed by atoms with E-state index in [1.165, 1.54) is 4.31 Å². The predicted molar refractivity (Wildman–Crippen MR) is 88.4 cm³/mol. The fraction of sp³-hybridized carbons (Fsp3) is 0.667. The lowest BCUT2D eigenvalue weighted by Crippen LogP contribution is -2.36. The number of amides is 1. The smallest absolute Gasteiger partial charge is 0.235 e. The van der Waals surface area contributed by atoms with Gasteiger partial charge in [-0.3, -0.25) is 9.10 Å². The highest BCUT2D eigenvalue weighted by atomic mass is 35.5. The van der Waals surface area contributed by atoms with Gasteiger partial charge in [-0.05, 0) is 30.7 Å². The SMILES string of the molecule is C=O.CC1CC=CCC1C(=O)N(C)SC(Cl)(Cl)C(Cl)Cl. The molecule has 0 aromatic rings. The number of allylic oxidation sites excluding steroid dienone is 2. The van der Waals surface area contributed by atoms with Crippen LogP contribution in [0.15, 0.2) is 12.2 Å². The fourth-order valence-corrected chi connectivity index (χ4v) is 3.33. The van der Waals surface area contributed by atoms with E-state index in [9.17, 15) is 4.79 Å². The zero-order valence-electron chi connectivity index (χ0n) is 11.2. The molecule has 0 fully saturated rings. The predicted octanol–water partition coefficient (Wildman–Crippen LogP) is 4.45. The van der Waals surface area contributed by atoms with Gasteiger partial charge in [-0.25, -0.2) is 0 Å². The second-order valence-electron chi connectivity index (χ2n) is 4.32. The lowest BCUT2D eigenvalue weighted by Gasteiger charge is -2.31. The van der Waals surface area contributed by atoms with Crippen molar-refractivity contribution in [2.24, 2.45) is 11.8 Å². The van der Waals surface area contributed by atoms with Gasteiger partial charge in [-0.1, -0.05) is 42.3 Å². The highest BCUT2D eigenvalue weighted by molar-refractivity contribution is 8.01. The summed E-state index contributed by atoms with van der Waals surface area (Å²) in [6, 6.07) is 0. The van der Waals surface area contributed by atoms with Crippen LogP contribution in [-0.4, -0.2) is 32.6 Å². The number of carbonyl (C=O) groups is 2. The van der Waals surface area contributed by atoms with Crippen LogP contribution < -0.4 is 0 Å². The average Bonchev–Trinajstić information content (AvgIpc) is 2.40. The molecule has 0 spiro atoms. The van der Waals surface area contributed by atoms with Crippen molar-refractivity contribution in [3.05, 3.63) is 12.2 Å². The summed E-state index contributed by atoms with van der Waals surface area (Å²) in [5.74, 6) is 0.269. The molecule has 1 aliphatic carbocycles. The number of halogens is 4. The van der Waals surface area contributed by atoms with Crippen LogP contribution in [0, 0.1) is 11.8 Å². The van der Waals surface area contributed by atoms with E-state index in [-0.39, 0.29) is 11.8 Å². The molecule has 1 rings (SSSR count). The summed E-state index contributed by atoms with van der Waals surface area (Å²) in [5, 5.41) is 0. The van der Waals surface area contributed by atoms with Crippen molar-refractivity contribution in [1.82, 2.24) is 4.31 Å². The average molecular weight is 381 g/mol. The molecule has 0 radical (unpaired) electrons. The van der Waals surface area contributed by atoms with Crippen LogP contribution in [0.3, 0.4) is 0 Å². The van der Waals surface area contributed by atoms with Crippen LogP contribution in [0.2, 0.25) is 0 Å². The third-order valence-corrected chi connectivity index (χ3v) is 6.04. The van der Waals surface area contributed by atoms with Gasteiger partial charge in [-0.2, -0.15) is 0 Å². The van der Waals surface area contributed by atoms with E-state index in [0.717, 1.165) is 24.8 Å². The topological polar surface area (TPSA) is 37.4 Å². The summed E-state index contributed by atoms with van der Waals surface area (Å²) < 4.78 is -0.000643. The van der Waals surface area contributed by atoms with Gasteiger partial charge in [0.05, 0.1) is 0 Å². The summed E-state index contributed by atoms with van der Waals surface area (Å²) in [5.41, 5.74) is 0. The van der Waals surface area contributed by atoms with E-state index in [4.69, 9.17) is 51.2 Å². The van der Waals surface area contributed by atoms with Crippen molar-refractivity contribution in [3.8, 4) is 0 Å². The Kier molecular flexibility index (Phi) is 9.60. The van der Waals surface area contributed by atoms with Crippen molar-refractivity contribution in [2.75, 3.05) is 7.05 Å². The van der Waals surface area contributed by atoms with Crippen molar-refractivity contribution < 1.29 is 9.59 Å². The number of hydrogen-bond donors (Lipinski definition) is 0. The molecule has 0 saturated carbocycles. The van der Waals surface area contributed by atoms with Gasteiger partial charge in [-0.15, -0.1) is 23.2 Å². The Balaban J connectivity index is 0.00000172. The highest BCUT2D eigenvalue weighted by Gasteiger charge is 2.38. The molecular formula is C12H17Cl4NO2S. The van der Waals surface area contributed by atoms with Crippen LogP contribution in [0.4, 0.5) is 0 Å². The first-order valence-electron chi connectivity index (χ1n) is 5.82. The number of alkyl halides is 4. The van der Waals surface area contributed by atoms with E-state index < -0.39 is 8.50 Å². The number of rotatable bonds is 4. The van der Waals surface area contributed by atoms with Gasteiger partial charge in [0, 0.05) is 13.0 Å². The zero-order chi connectivity index (χ0) is 15.9. The maximum atomic E-state index is 12.3. The standard InChI is InChI=1S/C11H15Cl4NOS.CH2O/c1-7-5-3-4-6-8(7)9(17)16(2)18-11(14,15)10(12)13;1-2/h3-4,7-8,10H,5-6H2,1-2H3;1H2. The molecule has 3 nitrogen and oxygen atoms in total. The van der Waals surface area contributed by atoms with Crippen LogP contribution in [0.25, 0.3) is 0 Å². The molecule has 0 saturated heterocycles. The van der Waals surface area contributed by atoms with Crippen LogP contribution in [0.1, 0.15) is 19.8 Å². The van der Waals surface area contributed by atoms with Gasteiger partial charge >= 0.3 is 0 Å². The minimum Gasteiger partial charge on any atom is -0.307 e. The zero-order valence-corrected chi connectivity index (χ0v) is 15.0. The van der Waals surface area contributed by atoms with Crippen LogP contribution >= 0.6 is 58.4 Å². The fourth-order valence-electron chi connectivity index (χ4n) is 1.80. The highest BCUT2D eigenvalue weighted by Crippen LogP contribution is 2.44. The monoisotopic (exact) mass is 379 g/mol. The van der Waals surface area contributed by atoms with E-state index >= 15 is 0 Å². The van der Waals surface area contributed by atoms with Crippen LogP contribution in [0.5, 0.6) is 0 Å². The normalized spacial score (nSPS) is 22.1. The summed E-state index contributed by atoms with van der Waals surface area (Å²) in [6.07, 6.45) is 5.78. The lowest BCUT2D eigenvalue weighted by atomic mass is 9.84. The maximum Gasteiger partial charge on any atom is 0.235 e. The van der Waals surface area contributed by atoms with E-state index in [0.29, 0.717) is 5.92 Å². The minimum atomic E-state index is -1.43. The Hall–Kier alpha value is 0.390. The molecule has 0 heterocycles. The Morgan fingerprint density at radius 1 is 1.35 bits per heavy atom. The molecule has 1 aliphatic rings. The molecule has 0 aliphatic heterocycles. The van der Waals surface area contributed by atoms with Crippen molar-refractivity contribution in [3.63, 3.8) is 0 Å². The molecule has 0 aromatic heterocycles. The maximum absolute atomic E-state index is 12.3. The van der Waals surface area contributed by atoms with E-state index in [2.05, 4.69) is 13.0 Å². The third kappa shape index (κ3) is 6.02. The van der Waals surface area contributed by atoms with Gasteiger partial charge < -0.3 is 4.79 Å². The second kappa shape index (κ2) is 9.42. The second-order valence-corrected chi connectivity index (χ2v) is 8.62. The quantitative estimate of drug-likeness (QED) is 0.410. The Bertz CT molecular complexity index is 352. The first kappa shape index (κ1) is 20.4. The Morgan fingerprint density at radius 3 is 2.30 bits per heavy atom. The van der Waals surface area contributed by atoms with Crippen LogP contribution in [-0.2, 0) is 9.59 Å². The van der Waals surface area contributed by atoms with Crippen molar-refractivity contribution in [2.45, 2.75) is 28.3 Å². The van der Waals surface area contributed by atoms with E-state index in [1.54, 1.807) is 7.05 Å². The molecule has 0 bridgehead atoms. The molecular weight excluding hydrogens is 364 g/mol. The van der Waals surface area contributed by atoms with Gasteiger partial charge in [0.2, 0.25) is 9.57 Å². The largest absolute Gasteiger partial charge is 0.307 e. The molecule has 116 valence electrons. The summed E-state index contributed by atoms with van der Waals surface area (Å²) in [7, 11) is 1.63. The summed E-state index contributed by atoms with van der Waals surface area (Å²) in [4.78, 5) is 19.3. The van der Waals surface area contributed by atoms with Crippen molar-refractivity contribution in [1.29, 1.82) is 0 Å². The van der Waals surface area contributed by atoms with Crippen molar-refractivity contribution >= 4 is 71.0 Å². The first-order chi connectivity index (χ1) is 9.25. The van der Waals surface area contributed by atoms with E-state index in [1.807, 2.05) is 12.9 Å². The summed E-state index contributed by atoms with van der Waals surface area (Å²) in [6.45, 7) is 4.06. The third-order valence-electron chi connectivity index (χ3n) is 2.89. The minimum absolute atomic E-state index is 0.00323. The van der Waals surface area contributed by atoms with Gasteiger partial charge in [0.25, 0.3) is 0 Å². The number of carbonyl (C=O) groups excluding carboxylic acids is 2. The summed E-state index contributed by atoms with van der Waals surface area (Å²) >= 11 is 24.2. The molecule has 2 atom stereocenters. The molecule has 0 N–H and O–H groups in total. The number of nitrogens with zero attached hydrogens (tertiary/aromatic N) is 1. The molecule has 8 heteroatoms. The number of hydrogen-bond acceptors (Lipinski definition) is 3. The first-order valence-corrected chi connectivity index (χ1v) is 8.22. The Labute approximate surface area is 144 Å². The van der Waals surface area contributed by atoms with Gasteiger partial charge in [0.15, 0.2) is 4.84 Å².